The Labute approximate surface area is 198 Å². The quantitative estimate of drug-likeness (QED) is 0.441. The summed E-state index contributed by atoms with van der Waals surface area (Å²) in [6.45, 7) is 10.1. The number of Topliss-reactive ketones (excluding diaryl/α,β-unsaturated/α-hetero) is 1. The van der Waals surface area contributed by atoms with Gasteiger partial charge in [-0.3, -0.25) is 4.79 Å². The lowest BCUT2D eigenvalue weighted by molar-refractivity contribution is -0.114. The lowest BCUT2D eigenvalue weighted by atomic mass is 9.85. The summed E-state index contributed by atoms with van der Waals surface area (Å²) in [4.78, 5) is 17.3. The van der Waals surface area contributed by atoms with E-state index in [1.165, 1.54) is 17.3 Å². The van der Waals surface area contributed by atoms with E-state index in [-0.39, 0.29) is 17.2 Å². The van der Waals surface area contributed by atoms with Crippen LogP contribution in [0.15, 0.2) is 65.0 Å². The smallest absolute Gasteiger partial charge is 0.227 e. The van der Waals surface area contributed by atoms with Crippen molar-refractivity contribution in [2.45, 2.75) is 57.0 Å². The zero-order valence-electron chi connectivity index (χ0n) is 18.9. The molecular formula is C25H27ClN4OS. The molecule has 0 saturated carbocycles. The van der Waals surface area contributed by atoms with Gasteiger partial charge in [0.1, 0.15) is 6.04 Å². The van der Waals surface area contributed by atoms with Gasteiger partial charge < -0.3 is 5.32 Å². The molecule has 2 heterocycles. The van der Waals surface area contributed by atoms with Gasteiger partial charge in [0.15, 0.2) is 5.78 Å². The number of fused-ring (bicyclic) bond motifs is 1. The number of halogens is 1. The molecule has 0 aliphatic carbocycles. The highest BCUT2D eigenvalue weighted by Gasteiger charge is 2.33. The molecule has 1 N–H and O–H groups in total. The summed E-state index contributed by atoms with van der Waals surface area (Å²) >= 11 is 7.82. The second-order valence-corrected chi connectivity index (χ2v) is 10.4. The molecule has 1 aliphatic rings. The van der Waals surface area contributed by atoms with Crippen LogP contribution in [0.3, 0.4) is 0 Å². The number of rotatable bonds is 5. The molecule has 0 radical (unpaired) electrons. The van der Waals surface area contributed by atoms with Gasteiger partial charge in [0.2, 0.25) is 11.1 Å². The Hall–Kier alpha value is -2.57. The van der Waals surface area contributed by atoms with E-state index in [9.17, 15) is 4.79 Å². The SMILES string of the molecule is CC(=O)C1=C(C)Nc2nc(SCc3ccccc3Cl)nn2C1c1ccc(C(C)(C)C)cc1. The third-order valence-electron chi connectivity index (χ3n) is 5.62. The van der Waals surface area contributed by atoms with E-state index in [2.05, 4.69) is 55.3 Å². The van der Waals surface area contributed by atoms with Gasteiger partial charge >= 0.3 is 0 Å². The number of aromatic nitrogens is 3. The van der Waals surface area contributed by atoms with Crippen molar-refractivity contribution in [1.82, 2.24) is 14.8 Å². The number of benzene rings is 2. The second kappa shape index (κ2) is 8.75. The van der Waals surface area contributed by atoms with Crippen LogP contribution in [0.1, 0.15) is 57.4 Å². The minimum absolute atomic E-state index is 0.0197. The third-order valence-corrected chi connectivity index (χ3v) is 6.87. The van der Waals surface area contributed by atoms with Crippen LogP contribution in [0.25, 0.3) is 0 Å². The van der Waals surface area contributed by atoms with Gasteiger partial charge in [0.05, 0.1) is 0 Å². The van der Waals surface area contributed by atoms with E-state index in [0.29, 0.717) is 22.4 Å². The van der Waals surface area contributed by atoms with Gasteiger partial charge in [-0.05, 0) is 42.0 Å². The average molecular weight is 467 g/mol. The fraction of sp³-hybridized carbons (Fsp3) is 0.320. The van der Waals surface area contributed by atoms with Crippen molar-refractivity contribution in [2.75, 3.05) is 5.32 Å². The van der Waals surface area contributed by atoms with Crippen LogP contribution in [-0.2, 0) is 16.0 Å². The number of nitrogens with one attached hydrogen (secondary N) is 1. The highest BCUT2D eigenvalue weighted by molar-refractivity contribution is 7.98. The maximum absolute atomic E-state index is 12.6. The summed E-state index contributed by atoms with van der Waals surface area (Å²) < 4.78 is 1.82. The number of carbonyl (C=O) groups is 1. The first-order valence-corrected chi connectivity index (χ1v) is 11.9. The number of anilines is 1. The average Bonchev–Trinajstić information content (AvgIpc) is 3.13. The molecule has 3 aromatic rings. The zero-order chi connectivity index (χ0) is 23.0. The van der Waals surface area contributed by atoms with E-state index in [1.54, 1.807) is 6.92 Å². The number of ketones is 1. The molecule has 1 aromatic heterocycles. The van der Waals surface area contributed by atoms with Crippen LogP contribution in [0, 0.1) is 0 Å². The molecule has 1 aliphatic heterocycles. The molecule has 7 heteroatoms. The Morgan fingerprint density at radius 3 is 2.47 bits per heavy atom. The van der Waals surface area contributed by atoms with Gasteiger partial charge in [0.25, 0.3) is 0 Å². The van der Waals surface area contributed by atoms with Crippen LogP contribution in [0.2, 0.25) is 5.02 Å². The van der Waals surface area contributed by atoms with Gasteiger partial charge in [0, 0.05) is 22.0 Å². The van der Waals surface area contributed by atoms with Crippen molar-refractivity contribution in [2.24, 2.45) is 0 Å². The highest BCUT2D eigenvalue weighted by atomic mass is 35.5. The Balaban J connectivity index is 1.69. The largest absolute Gasteiger partial charge is 0.328 e. The van der Waals surface area contributed by atoms with Crippen LogP contribution >= 0.6 is 23.4 Å². The van der Waals surface area contributed by atoms with Crippen molar-refractivity contribution >= 4 is 35.1 Å². The van der Waals surface area contributed by atoms with Gasteiger partial charge in [-0.2, -0.15) is 4.98 Å². The molecule has 32 heavy (non-hydrogen) atoms. The molecular weight excluding hydrogens is 440 g/mol. The van der Waals surface area contributed by atoms with Crippen LogP contribution in [-0.4, -0.2) is 20.5 Å². The molecule has 0 amide bonds. The Bertz CT molecular complexity index is 1190. The number of hydrogen-bond acceptors (Lipinski definition) is 5. The molecule has 0 fully saturated rings. The first-order valence-electron chi connectivity index (χ1n) is 10.6. The summed E-state index contributed by atoms with van der Waals surface area (Å²) in [6.07, 6.45) is 0. The number of hydrogen-bond donors (Lipinski definition) is 1. The van der Waals surface area contributed by atoms with Crippen molar-refractivity contribution in [3.8, 4) is 0 Å². The molecule has 4 rings (SSSR count). The van der Waals surface area contributed by atoms with Gasteiger partial charge in [-0.15, -0.1) is 5.10 Å². The number of carbonyl (C=O) groups excluding carboxylic acids is 1. The minimum atomic E-state index is -0.320. The number of thioether (sulfide) groups is 1. The molecule has 1 atom stereocenters. The van der Waals surface area contributed by atoms with Crippen LogP contribution < -0.4 is 5.32 Å². The van der Waals surface area contributed by atoms with Crippen molar-refractivity contribution in [3.63, 3.8) is 0 Å². The van der Waals surface area contributed by atoms with Crippen LogP contribution in [0.4, 0.5) is 5.95 Å². The summed E-state index contributed by atoms with van der Waals surface area (Å²) in [7, 11) is 0. The maximum atomic E-state index is 12.6. The minimum Gasteiger partial charge on any atom is -0.328 e. The zero-order valence-corrected chi connectivity index (χ0v) is 20.5. The normalized spacial score (nSPS) is 16.0. The summed E-state index contributed by atoms with van der Waals surface area (Å²) in [5.41, 5.74) is 4.86. The summed E-state index contributed by atoms with van der Waals surface area (Å²) in [5, 5.41) is 9.41. The Morgan fingerprint density at radius 2 is 1.84 bits per heavy atom. The van der Waals surface area contributed by atoms with Crippen molar-refractivity contribution in [1.29, 1.82) is 0 Å². The molecule has 166 valence electrons. The van der Waals surface area contributed by atoms with E-state index in [1.807, 2.05) is 35.9 Å². The van der Waals surface area contributed by atoms with Crippen molar-refractivity contribution in [3.05, 3.63) is 81.5 Å². The fourth-order valence-corrected chi connectivity index (χ4v) is 4.99. The van der Waals surface area contributed by atoms with E-state index >= 15 is 0 Å². The standard InChI is InChI=1S/C25H27ClN4OS/c1-15-21(16(2)31)22(17-10-12-19(13-11-17)25(3,4)5)30-23(27-15)28-24(29-30)32-14-18-8-6-7-9-20(18)26/h6-13,22H,14H2,1-5H3,(H,27,28,29). The molecule has 5 nitrogen and oxygen atoms in total. The van der Waals surface area contributed by atoms with E-state index in [4.69, 9.17) is 16.7 Å². The van der Waals surface area contributed by atoms with Crippen molar-refractivity contribution < 1.29 is 4.79 Å². The predicted molar refractivity (Wildman–Crippen MR) is 131 cm³/mol. The van der Waals surface area contributed by atoms with Gasteiger partial charge in [-0.25, -0.2) is 4.68 Å². The fourth-order valence-electron chi connectivity index (χ4n) is 3.88. The lowest BCUT2D eigenvalue weighted by Crippen LogP contribution is -2.28. The molecule has 0 saturated heterocycles. The topological polar surface area (TPSA) is 59.8 Å². The predicted octanol–water partition coefficient (Wildman–Crippen LogP) is 6.40. The summed E-state index contributed by atoms with van der Waals surface area (Å²) in [6, 6.07) is 15.9. The number of allylic oxidation sites excluding steroid dienone is 2. The third kappa shape index (κ3) is 4.48. The highest BCUT2D eigenvalue weighted by Crippen LogP contribution is 2.37. The lowest BCUT2D eigenvalue weighted by Gasteiger charge is -2.28. The second-order valence-electron chi connectivity index (χ2n) is 9.04. The Morgan fingerprint density at radius 1 is 1.16 bits per heavy atom. The molecule has 0 bridgehead atoms. The molecule has 2 aromatic carbocycles. The van der Waals surface area contributed by atoms with E-state index < -0.39 is 0 Å². The van der Waals surface area contributed by atoms with Crippen LogP contribution in [0.5, 0.6) is 0 Å². The van der Waals surface area contributed by atoms with Gasteiger partial charge in [-0.1, -0.05) is 86.6 Å². The monoisotopic (exact) mass is 466 g/mol. The first kappa shape index (κ1) is 22.6. The molecule has 0 spiro atoms. The number of nitrogens with zero attached hydrogens (tertiary/aromatic N) is 3. The Kier molecular flexibility index (Phi) is 6.19. The first-order chi connectivity index (χ1) is 15.1. The van der Waals surface area contributed by atoms with E-state index in [0.717, 1.165) is 21.8 Å². The summed E-state index contributed by atoms with van der Waals surface area (Å²) in [5.74, 6) is 1.32. The maximum Gasteiger partial charge on any atom is 0.227 e. The molecule has 1 unspecified atom stereocenters.